The zero-order valence-corrected chi connectivity index (χ0v) is 10.8. The van der Waals surface area contributed by atoms with Crippen molar-refractivity contribution < 1.29 is 14.3 Å². The molecule has 2 aliphatic heterocycles. The Morgan fingerprint density at radius 2 is 2.33 bits per heavy atom. The summed E-state index contributed by atoms with van der Waals surface area (Å²) in [5, 5.41) is 8.12. The molecule has 0 spiro atoms. The van der Waals surface area contributed by atoms with Crippen LogP contribution in [0.5, 0.6) is 0 Å². The molecule has 1 saturated heterocycles. The van der Waals surface area contributed by atoms with Crippen molar-refractivity contribution in [3.63, 3.8) is 0 Å². The Bertz CT molecular complexity index is 375. The van der Waals surface area contributed by atoms with Gasteiger partial charge in [-0.25, -0.2) is 5.01 Å². The predicted octanol–water partition coefficient (Wildman–Crippen LogP) is 0.278. The van der Waals surface area contributed by atoms with Gasteiger partial charge in [0.1, 0.15) is 5.71 Å². The molecule has 0 aliphatic carbocycles. The van der Waals surface area contributed by atoms with Crippen LogP contribution in [0.4, 0.5) is 0 Å². The van der Waals surface area contributed by atoms with Crippen molar-refractivity contribution >= 4 is 17.5 Å². The van der Waals surface area contributed by atoms with E-state index in [-0.39, 0.29) is 24.0 Å². The van der Waals surface area contributed by atoms with Crippen LogP contribution in [0.15, 0.2) is 5.10 Å². The molecular formula is C12H19N3O3. The smallest absolute Gasteiger partial charge is 0.267 e. The van der Waals surface area contributed by atoms with Gasteiger partial charge in [0.15, 0.2) is 0 Å². The second-order valence-corrected chi connectivity index (χ2v) is 4.78. The average Bonchev–Trinajstić information content (AvgIpc) is 2.86. The molecule has 100 valence electrons. The van der Waals surface area contributed by atoms with Gasteiger partial charge in [-0.05, 0) is 19.8 Å². The highest BCUT2D eigenvalue weighted by atomic mass is 16.5. The lowest BCUT2D eigenvalue weighted by Crippen LogP contribution is -2.45. The van der Waals surface area contributed by atoms with Crippen LogP contribution in [0.1, 0.15) is 32.6 Å². The van der Waals surface area contributed by atoms with Gasteiger partial charge in [-0.15, -0.1) is 0 Å². The third kappa shape index (κ3) is 2.87. The molecule has 2 atom stereocenters. The van der Waals surface area contributed by atoms with Gasteiger partial charge in [-0.3, -0.25) is 9.59 Å². The fourth-order valence-corrected chi connectivity index (χ4v) is 2.21. The summed E-state index contributed by atoms with van der Waals surface area (Å²) >= 11 is 0. The van der Waals surface area contributed by atoms with Gasteiger partial charge in [0.05, 0.1) is 12.1 Å². The molecule has 0 aromatic carbocycles. The van der Waals surface area contributed by atoms with E-state index in [1.807, 2.05) is 6.92 Å². The summed E-state index contributed by atoms with van der Waals surface area (Å²) in [5.41, 5.74) is 0.418. The molecule has 2 amide bonds. The molecule has 0 radical (unpaired) electrons. The Hall–Kier alpha value is -1.43. The lowest BCUT2D eigenvalue weighted by atomic mass is 10.1. The second-order valence-electron chi connectivity index (χ2n) is 4.78. The van der Waals surface area contributed by atoms with Crippen LogP contribution < -0.4 is 5.32 Å². The number of hydrogen-bond acceptors (Lipinski definition) is 4. The quantitative estimate of drug-likeness (QED) is 0.785. The first-order valence-electron chi connectivity index (χ1n) is 6.34. The predicted molar refractivity (Wildman–Crippen MR) is 66.0 cm³/mol. The van der Waals surface area contributed by atoms with E-state index in [1.165, 1.54) is 5.01 Å². The Morgan fingerprint density at radius 3 is 2.94 bits per heavy atom. The van der Waals surface area contributed by atoms with Crippen LogP contribution in [0.25, 0.3) is 0 Å². The molecule has 0 aromatic heterocycles. The minimum absolute atomic E-state index is 0.0226. The molecule has 1 N–H and O–H groups in total. The second kappa shape index (κ2) is 5.48. The number of ether oxygens (including phenoxy) is 1. The maximum Gasteiger partial charge on any atom is 0.267 e. The maximum atomic E-state index is 12.0. The number of hydrogen-bond donors (Lipinski definition) is 1. The van der Waals surface area contributed by atoms with E-state index in [4.69, 9.17) is 4.74 Å². The minimum Gasteiger partial charge on any atom is -0.376 e. The maximum absolute atomic E-state index is 12.0. The van der Waals surface area contributed by atoms with Gasteiger partial charge in [0.2, 0.25) is 5.91 Å². The van der Waals surface area contributed by atoms with Gasteiger partial charge >= 0.3 is 0 Å². The molecule has 2 aliphatic rings. The minimum atomic E-state index is -0.197. The van der Waals surface area contributed by atoms with Crippen molar-refractivity contribution in [2.75, 3.05) is 13.7 Å². The van der Waals surface area contributed by atoms with Crippen LogP contribution >= 0.6 is 0 Å². The Balaban J connectivity index is 1.91. The molecule has 6 heteroatoms. The van der Waals surface area contributed by atoms with Crippen LogP contribution in [0, 0.1) is 0 Å². The normalized spacial score (nSPS) is 25.9. The SMILES string of the molecule is CC(NC(=O)C1=NN(C)C(=O)CC1)C1CCCO1. The van der Waals surface area contributed by atoms with Gasteiger partial charge in [-0.1, -0.05) is 0 Å². The molecule has 0 aromatic rings. The first kappa shape index (κ1) is 13.0. The first-order chi connectivity index (χ1) is 8.58. The Labute approximate surface area is 106 Å². The van der Waals surface area contributed by atoms with Crippen molar-refractivity contribution in [3.05, 3.63) is 0 Å². The number of hydrazone groups is 1. The molecule has 1 fully saturated rings. The number of rotatable bonds is 3. The summed E-state index contributed by atoms with van der Waals surface area (Å²) in [5.74, 6) is -0.254. The lowest BCUT2D eigenvalue weighted by molar-refractivity contribution is -0.130. The summed E-state index contributed by atoms with van der Waals surface area (Å²) in [6.45, 7) is 2.70. The fourth-order valence-electron chi connectivity index (χ4n) is 2.21. The van der Waals surface area contributed by atoms with Gasteiger partial charge in [0.25, 0.3) is 5.91 Å². The average molecular weight is 253 g/mol. The molecule has 6 nitrogen and oxygen atoms in total. The number of carbonyl (C=O) groups is 2. The molecule has 0 saturated carbocycles. The molecule has 2 rings (SSSR count). The molecule has 18 heavy (non-hydrogen) atoms. The van der Waals surface area contributed by atoms with Crippen molar-refractivity contribution in [2.45, 2.75) is 44.8 Å². The third-order valence-electron chi connectivity index (χ3n) is 3.35. The monoisotopic (exact) mass is 253 g/mol. The van der Waals surface area contributed by atoms with E-state index in [0.717, 1.165) is 19.4 Å². The van der Waals surface area contributed by atoms with Gasteiger partial charge in [-0.2, -0.15) is 5.10 Å². The highest BCUT2D eigenvalue weighted by Crippen LogP contribution is 2.15. The number of carbonyl (C=O) groups excluding carboxylic acids is 2. The van der Waals surface area contributed by atoms with Crippen molar-refractivity contribution in [1.82, 2.24) is 10.3 Å². The Morgan fingerprint density at radius 1 is 1.56 bits per heavy atom. The standard InChI is InChI=1S/C12H19N3O3/c1-8(10-4-3-7-18-10)13-12(17)9-5-6-11(16)15(2)14-9/h8,10H,3-7H2,1-2H3,(H,13,17). The van der Waals surface area contributed by atoms with E-state index < -0.39 is 0 Å². The topological polar surface area (TPSA) is 71.0 Å². The van der Waals surface area contributed by atoms with Crippen LogP contribution in [-0.2, 0) is 14.3 Å². The fraction of sp³-hybridized carbons (Fsp3) is 0.750. The molecule has 2 unspecified atom stereocenters. The summed E-state index contributed by atoms with van der Waals surface area (Å²) in [6.07, 6.45) is 2.87. The van der Waals surface area contributed by atoms with E-state index in [9.17, 15) is 9.59 Å². The van der Waals surface area contributed by atoms with Crippen LogP contribution in [-0.4, -0.2) is 48.3 Å². The molecule has 2 heterocycles. The molecular weight excluding hydrogens is 234 g/mol. The number of nitrogens with one attached hydrogen (secondary N) is 1. The van der Waals surface area contributed by atoms with E-state index in [1.54, 1.807) is 7.05 Å². The third-order valence-corrected chi connectivity index (χ3v) is 3.35. The van der Waals surface area contributed by atoms with Crippen molar-refractivity contribution in [2.24, 2.45) is 5.10 Å². The summed E-state index contributed by atoms with van der Waals surface area (Å²) < 4.78 is 5.52. The van der Waals surface area contributed by atoms with Crippen molar-refractivity contribution in [1.29, 1.82) is 0 Å². The lowest BCUT2D eigenvalue weighted by Gasteiger charge is -2.23. The summed E-state index contributed by atoms with van der Waals surface area (Å²) in [6, 6.07) is -0.0226. The van der Waals surface area contributed by atoms with Crippen molar-refractivity contribution in [3.8, 4) is 0 Å². The Kier molecular flexibility index (Phi) is 3.96. The van der Waals surface area contributed by atoms with E-state index in [2.05, 4.69) is 10.4 Å². The molecule has 0 bridgehead atoms. The summed E-state index contributed by atoms with van der Waals surface area (Å²) in [4.78, 5) is 23.2. The highest BCUT2D eigenvalue weighted by molar-refractivity contribution is 6.39. The zero-order chi connectivity index (χ0) is 13.1. The van der Waals surface area contributed by atoms with E-state index >= 15 is 0 Å². The number of nitrogens with zero attached hydrogens (tertiary/aromatic N) is 2. The van der Waals surface area contributed by atoms with E-state index in [0.29, 0.717) is 18.6 Å². The van der Waals surface area contributed by atoms with Gasteiger partial charge < -0.3 is 10.1 Å². The van der Waals surface area contributed by atoms with Crippen LogP contribution in [0.2, 0.25) is 0 Å². The zero-order valence-electron chi connectivity index (χ0n) is 10.8. The summed E-state index contributed by atoms with van der Waals surface area (Å²) in [7, 11) is 1.57. The first-order valence-corrected chi connectivity index (χ1v) is 6.34. The number of amides is 2. The highest BCUT2D eigenvalue weighted by Gasteiger charge is 2.27. The van der Waals surface area contributed by atoms with Crippen LogP contribution in [0.3, 0.4) is 0 Å². The van der Waals surface area contributed by atoms with Gasteiger partial charge in [0, 0.05) is 26.5 Å². The largest absolute Gasteiger partial charge is 0.376 e.